The first-order valence-electron chi connectivity index (χ1n) is 14.3. The number of nitrogens with zero attached hydrogens (tertiary/aromatic N) is 2. The van der Waals surface area contributed by atoms with Gasteiger partial charge in [0.15, 0.2) is 0 Å². The lowest BCUT2D eigenvalue weighted by Gasteiger charge is -2.23. The van der Waals surface area contributed by atoms with Crippen LogP contribution in [0.1, 0.15) is 89.5 Å². The highest BCUT2D eigenvalue weighted by Crippen LogP contribution is 2.19. The Hall–Kier alpha value is -2.33. The van der Waals surface area contributed by atoms with Crippen LogP contribution < -0.4 is 9.47 Å². The summed E-state index contributed by atoms with van der Waals surface area (Å²) < 4.78 is 12.8. The van der Waals surface area contributed by atoms with E-state index >= 15 is 0 Å². The van der Waals surface area contributed by atoms with Crippen LogP contribution in [0.2, 0.25) is 0 Å². The van der Waals surface area contributed by atoms with Gasteiger partial charge in [-0.2, -0.15) is 0 Å². The van der Waals surface area contributed by atoms with Crippen LogP contribution in [0.15, 0.2) is 53.5 Å². The molecule has 0 atom stereocenters. The summed E-state index contributed by atoms with van der Waals surface area (Å²) in [6.07, 6.45) is 17.3. The molecular formula is C32H51N2O2+. The first kappa shape index (κ1) is 29.9. The van der Waals surface area contributed by atoms with E-state index in [-0.39, 0.29) is 0 Å². The molecule has 0 aliphatic carbocycles. The van der Waals surface area contributed by atoms with Crippen molar-refractivity contribution in [3.05, 3.63) is 54.1 Å². The minimum Gasteiger partial charge on any atom is -0.494 e. The fourth-order valence-corrected chi connectivity index (χ4v) is 4.09. The summed E-state index contributed by atoms with van der Waals surface area (Å²) in [5.74, 6) is 1.85. The molecule has 0 spiro atoms. The van der Waals surface area contributed by atoms with E-state index in [1.807, 2.05) is 42.6 Å². The van der Waals surface area contributed by atoms with Crippen LogP contribution in [0, 0.1) is 0 Å². The average Bonchev–Trinajstić information content (AvgIpc) is 2.86. The largest absolute Gasteiger partial charge is 0.494 e. The van der Waals surface area contributed by atoms with Crippen molar-refractivity contribution < 1.29 is 14.0 Å². The number of hydrogen-bond donors (Lipinski definition) is 0. The summed E-state index contributed by atoms with van der Waals surface area (Å²) in [6.45, 7) is 5.09. The maximum Gasteiger partial charge on any atom is 0.119 e. The molecule has 2 aromatic carbocycles. The van der Waals surface area contributed by atoms with Crippen molar-refractivity contribution in [2.24, 2.45) is 4.99 Å². The molecule has 0 fully saturated rings. The van der Waals surface area contributed by atoms with Crippen LogP contribution >= 0.6 is 0 Å². The third-order valence-electron chi connectivity index (χ3n) is 6.34. The predicted octanol–water partition coefficient (Wildman–Crippen LogP) is 8.60. The quantitative estimate of drug-likeness (QED) is 0.105. The highest BCUT2D eigenvalue weighted by molar-refractivity contribution is 5.82. The number of rotatable bonds is 20. The minimum absolute atomic E-state index is 0.786. The zero-order chi connectivity index (χ0) is 25.9. The predicted molar refractivity (Wildman–Crippen MR) is 155 cm³/mol. The van der Waals surface area contributed by atoms with E-state index in [0.29, 0.717) is 0 Å². The second kappa shape index (κ2) is 18.0. The molecule has 0 radical (unpaired) electrons. The zero-order valence-electron chi connectivity index (χ0n) is 23.5. The number of benzene rings is 2. The molecule has 0 N–H and O–H groups in total. The molecule has 0 saturated carbocycles. The smallest absolute Gasteiger partial charge is 0.119 e. The van der Waals surface area contributed by atoms with Gasteiger partial charge < -0.3 is 14.0 Å². The Morgan fingerprint density at radius 3 is 1.61 bits per heavy atom. The Bertz CT molecular complexity index is 823. The third kappa shape index (κ3) is 14.9. The molecule has 2 aromatic rings. The van der Waals surface area contributed by atoms with Gasteiger partial charge in [-0.15, -0.1) is 0 Å². The number of aliphatic imine (C=N–C) groups is 1. The second-order valence-electron chi connectivity index (χ2n) is 10.9. The number of quaternary nitrogens is 1. The maximum absolute atomic E-state index is 5.92. The van der Waals surface area contributed by atoms with Crippen molar-refractivity contribution in [3.8, 4) is 11.5 Å². The normalized spacial score (nSPS) is 11.8. The monoisotopic (exact) mass is 495 g/mol. The standard InChI is InChI=1S/C32H51N2O2/c1-5-6-7-15-26-36-32-23-19-30(20-24-32)33-28-29-17-21-31(22-18-29)35-27-16-13-11-9-8-10-12-14-25-34(2,3)4/h17-24,28H,5-16,25-27H2,1-4H3/q+1. The van der Waals surface area contributed by atoms with Crippen LogP contribution in [-0.2, 0) is 0 Å². The SMILES string of the molecule is CCCCCCOc1ccc(N=Cc2ccc(OCCCCCCCCCC[N+](C)(C)C)cc2)cc1. The van der Waals surface area contributed by atoms with E-state index in [9.17, 15) is 0 Å². The van der Waals surface area contributed by atoms with Crippen molar-refractivity contribution in [1.82, 2.24) is 0 Å². The number of hydrogen-bond acceptors (Lipinski definition) is 3. The Morgan fingerprint density at radius 1 is 0.611 bits per heavy atom. The number of ether oxygens (including phenoxy) is 2. The van der Waals surface area contributed by atoms with Crippen molar-refractivity contribution in [1.29, 1.82) is 0 Å². The van der Waals surface area contributed by atoms with E-state index in [1.165, 1.54) is 70.8 Å². The molecule has 4 heteroatoms. The van der Waals surface area contributed by atoms with Crippen LogP contribution in [0.4, 0.5) is 5.69 Å². The summed E-state index contributed by atoms with van der Waals surface area (Å²) in [5.41, 5.74) is 2.00. The molecule has 0 heterocycles. The molecule has 4 nitrogen and oxygen atoms in total. The van der Waals surface area contributed by atoms with E-state index in [4.69, 9.17) is 9.47 Å². The van der Waals surface area contributed by atoms with Gasteiger partial charge in [-0.3, -0.25) is 4.99 Å². The molecule has 0 amide bonds. The summed E-state index contributed by atoms with van der Waals surface area (Å²) in [7, 11) is 6.83. The molecule has 0 saturated heterocycles. The summed E-state index contributed by atoms with van der Waals surface area (Å²) in [4.78, 5) is 4.58. The summed E-state index contributed by atoms with van der Waals surface area (Å²) >= 11 is 0. The highest BCUT2D eigenvalue weighted by Gasteiger charge is 2.05. The summed E-state index contributed by atoms with van der Waals surface area (Å²) in [6, 6.07) is 16.2. The molecular weight excluding hydrogens is 444 g/mol. The van der Waals surface area contributed by atoms with Crippen molar-refractivity contribution in [2.45, 2.75) is 84.0 Å². The van der Waals surface area contributed by atoms with E-state index in [1.54, 1.807) is 0 Å². The molecule has 0 aromatic heterocycles. The highest BCUT2D eigenvalue weighted by atomic mass is 16.5. The fraction of sp³-hybridized carbons (Fsp3) is 0.594. The first-order chi connectivity index (χ1) is 17.5. The average molecular weight is 496 g/mol. The Morgan fingerprint density at radius 2 is 1.08 bits per heavy atom. The molecule has 0 bridgehead atoms. The fourth-order valence-electron chi connectivity index (χ4n) is 4.09. The van der Waals surface area contributed by atoms with E-state index in [2.05, 4.69) is 45.2 Å². The Balaban J connectivity index is 1.54. The van der Waals surface area contributed by atoms with Crippen LogP contribution in [0.3, 0.4) is 0 Å². The van der Waals surface area contributed by atoms with Gasteiger partial charge in [-0.1, -0.05) is 58.3 Å². The summed E-state index contributed by atoms with van der Waals surface area (Å²) in [5, 5.41) is 0. The molecule has 0 unspecified atom stereocenters. The zero-order valence-corrected chi connectivity index (χ0v) is 23.5. The molecule has 200 valence electrons. The Labute approximate surface area is 221 Å². The van der Waals surface area contributed by atoms with Crippen molar-refractivity contribution >= 4 is 11.9 Å². The molecule has 0 aliphatic rings. The lowest BCUT2D eigenvalue weighted by Crippen LogP contribution is -2.35. The van der Waals surface area contributed by atoms with Gasteiger partial charge in [0.1, 0.15) is 11.5 Å². The van der Waals surface area contributed by atoms with Gasteiger partial charge >= 0.3 is 0 Å². The topological polar surface area (TPSA) is 30.8 Å². The second-order valence-corrected chi connectivity index (χ2v) is 10.9. The van der Waals surface area contributed by atoms with Gasteiger partial charge in [-0.05, 0) is 79.8 Å². The third-order valence-corrected chi connectivity index (χ3v) is 6.34. The lowest BCUT2D eigenvalue weighted by atomic mass is 10.1. The number of unbranched alkanes of at least 4 members (excludes halogenated alkanes) is 10. The lowest BCUT2D eigenvalue weighted by molar-refractivity contribution is -0.870. The first-order valence-corrected chi connectivity index (χ1v) is 14.3. The van der Waals surface area contributed by atoms with Gasteiger partial charge in [0, 0.05) is 6.21 Å². The van der Waals surface area contributed by atoms with Crippen LogP contribution in [0.25, 0.3) is 0 Å². The van der Waals surface area contributed by atoms with Crippen LogP contribution in [0.5, 0.6) is 11.5 Å². The molecule has 36 heavy (non-hydrogen) atoms. The van der Waals surface area contributed by atoms with E-state index in [0.717, 1.165) is 53.3 Å². The molecule has 0 aliphatic heterocycles. The van der Waals surface area contributed by atoms with Crippen LogP contribution in [-0.4, -0.2) is 51.6 Å². The molecule has 2 rings (SSSR count). The van der Waals surface area contributed by atoms with Crippen molar-refractivity contribution in [2.75, 3.05) is 40.9 Å². The van der Waals surface area contributed by atoms with Gasteiger partial charge in [0.2, 0.25) is 0 Å². The van der Waals surface area contributed by atoms with Crippen molar-refractivity contribution in [3.63, 3.8) is 0 Å². The van der Waals surface area contributed by atoms with E-state index < -0.39 is 0 Å². The maximum atomic E-state index is 5.92. The minimum atomic E-state index is 0.786. The van der Waals surface area contributed by atoms with Gasteiger partial charge in [0.05, 0.1) is 46.6 Å². The Kier molecular flexibility index (Phi) is 14.9. The van der Waals surface area contributed by atoms with Gasteiger partial charge in [-0.25, -0.2) is 0 Å². The van der Waals surface area contributed by atoms with Gasteiger partial charge in [0.25, 0.3) is 0 Å².